The molecule has 0 bridgehead atoms. The number of nitrogens with two attached hydrogens (primary N) is 1. The number of hydrogen-bond acceptors (Lipinski definition) is 4. The first-order valence-electron chi connectivity index (χ1n) is 6.49. The predicted molar refractivity (Wildman–Crippen MR) is 78.6 cm³/mol. The maximum atomic E-state index is 11.7. The van der Waals surface area contributed by atoms with E-state index in [-0.39, 0.29) is 16.9 Å². The van der Waals surface area contributed by atoms with Crippen molar-refractivity contribution in [3.8, 4) is 5.75 Å². The Hall–Kier alpha value is -1.11. The van der Waals surface area contributed by atoms with E-state index in [0.29, 0.717) is 17.9 Å². The summed E-state index contributed by atoms with van der Waals surface area (Å²) in [5, 5.41) is 5.27. The third-order valence-corrected chi connectivity index (χ3v) is 4.08. The highest BCUT2D eigenvalue weighted by molar-refractivity contribution is 7.89. The van der Waals surface area contributed by atoms with Crippen LogP contribution < -0.4 is 9.88 Å². The number of benzene rings is 1. The van der Waals surface area contributed by atoms with Gasteiger partial charge in [-0.15, -0.1) is 0 Å². The highest BCUT2D eigenvalue weighted by atomic mass is 32.2. The van der Waals surface area contributed by atoms with Gasteiger partial charge in [0.05, 0.1) is 11.0 Å². The lowest BCUT2D eigenvalue weighted by Gasteiger charge is -2.18. The van der Waals surface area contributed by atoms with Crippen molar-refractivity contribution in [1.82, 2.24) is 0 Å². The van der Waals surface area contributed by atoms with Crippen molar-refractivity contribution in [2.75, 3.05) is 13.7 Å². The largest absolute Gasteiger partial charge is 0.491 e. The lowest BCUT2D eigenvalue weighted by molar-refractivity contribution is 0.0713. The first-order chi connectivity index (χ1) is 9.16. The van der Waals surface area contributed by atoms with Crippen molar-refractivity contribution >= 4 is 10.0 Å². The molecule has 0 spiro atoms. The van der Waals surface area contributed by atoms with Crippen molar-refractivity contribution in [1.29, 1.82) is 0 Å². The maximum absolute atomic E-state index is 11.7. The zero-order chi connectivity index (χ0) is 15.5. The van der Waals surface area contributed by atoms with E-state index in [1.165, 1.54) is 0 Å². The number of primary sulfonamides is 1. The Kier molecular flexibility index (Phi) is 5.56. The van der Waals surface area contributed by atoms with E-state index in [1.54, 1.807) is 26.2 Å². The van der Waals surface area contributed by atoms with Crippen LogP contribution in [0.5, 0.6) is 5.75 Å². The molecule has 114 valence electrons. The molecule has 1 rings (SSSR count). The molecule has 0 aliphatic rings. The fraction of sp³-hybridized carbons (Fsp3) is 0.571. The minimum atomic E-state index is -3.73. The predicted octanol–water partition coefficient (Wildman–Crippen LogP) is 2.18. The summed E-state index contributed by atoms with van der Waals surface area (Å²) in [4.78, 5) is 0.164. The van der Waals surface area contributed by atoms with Crippen LogP contribution in [0.2, 0.25) is 0 Å². The normalized spacial score (nSPS) is 13.6. The van der Waals surface area contributed by atoms with Crippen molar-refractivity contribution in [2.24, 2.45) is 5.14 Å². The quantitative estimate of drug-likeness (QED) is 0.873. The third-order valence-electron chi connectivity index (χ3n) is 3.11. The molecule has 0 radical (unpaired) electrons. The second kappa shape index (κ2) is 6.56. The Balaban J connectivity index is 3.21. The molecule has 0 amide bonds. The summed E-state index contributed by atoms with van der Waals surface area (Å²) in [6, 6.07) is 3.32. The van der Waals surface area contributed by atoms with Gasteiger partial charge in [-0.2, -0.15) is 0 Å². The number of sulfonamides is 1. The second-order valence-electron chi connectivity index (χ2n) is 5.21. The van der Waals surface area contributed by atoms with Gasteiger partial charge in [0.25, 0.3) is 0 Å². The topological polar surface area (TPSA) is 78.6 Å². The highest BCUT2D eigenvalue weighted by Crippen LogP contribution is 2.30. The molecule has 5 nitrogen and oxygen atoms in total. The zero-order valence-electron chi connectivity index (χ0n) is 12.6. The smallest absolute Gasteiger partial charge is 0.238 e. The molecule has 1 unspecified atom stereocenters. The average molecular weight is 301 g/mol. The third kappa shape index (κ3) is 4.19. The Labute approximate surface area is 121 Å². The van der Waals surface area contributed by atoms with Crippen LogP contribution in [-0.4, -0.2) is 28.2 Å². The number of methoxy groups -OCH3 is 1. The van der Waals surface area contributed by atoms with Gasteiger partial charge in [0, 0.05) is 7.11 Å². The van der Waals surface area contributed by atoms with E-state index < -0.39 is 10.0 Å². The van der Waals surface area contributed by atoms with Crippen LogP contribution in [0.4, 0.5) is 0 Å². The van der Waals surface area contributed by atoms with Gasteiger partial charge in [-0.3, -0.25) is 0 Å². The fourth-order valence-corrected chi connectivity index (χ4v) is 2.77. The molecule has 1 atom stereocenters. The molecule has 0 saturated carbocycles. The molecule has 0 aliphatic carbocycles. The van der Waals surface area contributed by atoms with E-state index in [4.69, 9.17) is 14.6 Å². The van der Waals surface area contributed by atoms with Gasteiger partial charge in [-0.25, -0.2) is 13.6 Å². The van der Waals surface area contributed by atoms with Gasteiger partial charge in [-0.05, 0) is 43.0 Å². The summed E-state index contributed by atoms with van der Waals surface area (Å²) in [6.07, 6.45) is -0.0326. The van der Waals surface area contributed by atoms with Crippen molar-refractivity contribution in [3.63, 3.8) is 0 Å². The van der Waals surface area contributed by atoms with Crippen LogP contribution in [0, 0.1) is 6.92 Å². The van der Waals surface area contributed by atoms with Crippen LogP contribution in [0.15, 0.2) is 17.0 Å². The van der Waals surface area contributed by atoms with Crippen LogP contribution in [0.25, 0.3) is 0 Å². The number of hydrogen-bond donors (Lipinski definition) is 1. The molecular formula is C14H23NO4S. The minimum Gasteiger partial charge on any atom is -0.491 e. The lowest BCUT2D eigenvalue weighted by Crippen LogP contribution is -2.18. The zero-order valence-corrected chi connectivity index (χ0v) is 13.5. The minimum absolute atomic E-state index is 0.0326. The Morgan fingerprint density at radius 2 is 1.85 bits per heavy atom. The van der Waals surface area contributed by atoms with Gasteiger partial charge >= 0.3 is 0 Å². The van der Waals surface area contributed by atoms with Crippen molar-refractivity contribution in [3.05, 3.63) is 23.3 Å². The van der Waals surface area contributed by atoms with Crippen LogP contribution >= 0.6 is 0 Å². The Morgan fingerprint density at radius 1 is 1.25 bits per heavy atom. The molecule has 1 aromatic carbocycles. The number of ether oxygens (including phenoxy) is 2. The summed E-state index contributed by atoms with van der Waals surface area (Å²) in [5.74, 6) is 0.691. The highest BCUT2D eigenvalue weighted by Gasteiger charge is 2.19. The van der Waals surface area contributed by atoms with E-state index in [9.17, 15) is 8.42 Å². The van der Waals surface area contributed by atoms with Gasteiger partial charge in [0.15, 0.2) is 0 Å². The van der Waals surface area contributed by atoms with E-state index in [2.05, 4.69) is 0 Å². The molecule has 1 aromatic rings. The molecule has 0 heterocycles. The maximum Gasteiger partial charge on any atom is 0.238 e. The molecule has 6 heteroatoms. The first-order valence-corrected chi connectivity index (χ1v) is 8.04. The summed E-state index contributed by atoms with van der Waals surface area (Å²) >= 11 is 0. The van der Waals surface area contributed by atoms with E-state index in [1.807, 2.05) is 20.8 Å². The van der Waals surface area contributed by atoms with Crippen LogP contribution in [0.3, 0.4) is 0 Å². The van der Waals surface area contributed by atoms with Gasteiger partial charge < -0.3 is 9.47 Å². The van der Waals surface area contributed by atoms with Crippen molar-refractivity contribution < 1.29 is 17.9 Å². The summed E-state index contributed by atoms with van der Waals surface area (Å²) in [7, 11) is -2.12. The lowest BCUT2D eigenvalue weighted by atomic mass is 10.0. The molecule has 20 heavy (non-hydrogen) atoms. The second-order valence-corrected chi connectivity index (χ2v) is 6.74. The fourth-order valence-electron chi connectivity index (χ4n) is 1.81. The summed E-state index contributed by atoms with van der Waals surface area (Å²) in [6.45, 7) is 7.94. The molecule has 0 aromatic heterocycles. The molecule has 0 fully saturated rings. The first kappa shape index (κ1) is 16.9. The molecule has 0 saturated heterocycles. The standard InChI is InChI=1S/C14H23NO4S/c1-9(2)12-7-13(19-8-11(4)18-5)10(3)6-14(12)20(15,16)17/h6-7,9,11H,8H2,1-5H3,(H2,15,16,17). The number of rotatable bonds is 6. The van der Waals surface area contributed by atoms with Gasteiger partial charge in [-0.1, -0.05) is 13.8 Å². The summed E-state index contributed by atoms with van der Waals surface area (Å²) < 4.78 is 34.1. The van der Waals surface area contributed by atoms with Gasteiger partial charge in [0.1, 0.15) is 12.4 Å². The Morgan fingerprint density at radius 3 is 2.30 bits per heavy atom. The van der Waals surface area contributed by atoms with E-state index >= 15 is 0 Å². The van der Waals surface area contributed by atoms with Crippen molar-refractivity contribution in [2.45, 2.75) is 44.6 Å². The van der Waals surface area contributed by atoms with E-state index in [0.717, 1.165) is 5.56 Å². The van der Waals surface area contributed by atoms with Gasteiger partial charge in [0.2, 0.25) is 10.0 Å². The Bertz CT molecular complexity index is 567. The number of aryl methyl sites for hydroxylation is 1. The molecular weight excluding hydrogens is 278 g/mol. The van der Waals surface area contributed by atoms with Crippen LogP contribution in [-0.2, 0) is 14.8 Å². The average Bonchev–Trinajstić information content (AvgIpc) is 2.35. The SMILES string of the molecule is COC(C)COc1cc(C(C)C)c(S(N)(=O)=O)cc1C. The van der Waals surface area contributed by atoms with Crippen LogP contribution in [0.1, 0.15) is 37.8 Å². The molecule has 2 N–H and O–H groups in total. The molecule has 0 aliphatic heterocycles. The monoisotopic (exact) mass is 301 g/mol. The summed E-state index contributed by atoms with van der Waals surface area (Å²) in [5.41, 5.74) is 1.40.